The van der Waals surface area contributed by atoms with E-state index in [1.807, 2.05) is 6.92 Å². The normalized spacial score (nSPS) is 10.6. The number of anilines is 1. The predicted octanol–water partition coefficient (Wildman–Crippen LogP) is 2.49. The first-order chi connectivity index (χ1) is 9.51. The number of aromatic nitrogens is 2. The van der Waals surface area contributed by atoms with Gasteiger partial charge >= 0.3 is 5.97 Å². The van der Waals surface area contributed by atoms with Crippen LogP contribution in [0, 0.1) is 11.6 Å². The van der Waals surface area contributed by atoms with Gasteiger partial charge < -0.3 is 10.4 Å². The number of aryl methyl sites for hydroxylation is 1. The first-order valence-corrected chi connectivity index (χ1v) is 5.99. The van der Waals surface area contributed by atoms with Crippen molar-refractivity contribution < 1.29 is 18.7 Å². The van der Waals surface area contributed by atoms with Gasteiger partial charge in [0.1, 0.15) is 11.6 Å². The van der Waals surface area contributed by atoms with Crippen molar-refractivity contribution in [3.63, 3.8) is 0 Å². The summed E-state index contributed by atoms with van der Waals surface area (Å²) in [5, 5.41) is 15.7. The van der Waals surface area contributed by atoms with Crippen molar-refractivity contribution in [1.82, 2.24) is 9.78 Å². The molecule has 2 aromatic rings. The first kappa shape index (κ1) is 14.0. The van der Waals surface area contributed by atoms with Crippen LogP contribution in [0.15, 0.2) is 24.4 Å². The second-order valence-electron chi connectivity index (χ2n) is 4.14. The highest BCUT2D eigenvalue weighted by atomic mass is 19.1. The first-order valence-electron chi connectivity index (χ1n) is 5.99. The third kappa shape index (κ3) is 2.93. The van der Waals surface area contributed by atoms with Gasteiger partial charge in [-0.15, -0.1) is 0 Å². The van der Waals surface area contributed by atoms with Crippen LogP contribution in [0.3, 0.4) is 0 Å². The van der Waals surface area contributed by atoms with Crippen molar-refractivity contribution in [1.29, 1.82) is 0 Å². The summed E-state index contributed by atoms with van der Waals surface area (Å²) in [6.45, 7) is 2.30. The number of nitrogens with one attached hydrogen (secondary N) is 1. The van der Waals surface area contributed by atoms with Gasteiger partial charge in [0, 0.05) is 24.8 Å². The second kappa shape index (κ2) is 5.68. The number of carboxylic acid groups (broad SMARTS) is 1. The predicted molar refractivity (Wildman–Crippen MR) is 68.5 cm³/mol. The summed E-state index contributed by atoms with van der Waals surface area (Å²) < 4.78 is 27.9. The highest BCUT2D eigenvalue weighted by molar-refractivity contribution is 5.91. The van der Waals surface area contributed by atoms with Gasteiger partial charge in [0.25, 0.3) is 0 Å². The van der Waals surface area contributed by atoms with Crippen LogP contribution < -0.4 is 5.32 Å². The van der Waals surface area contributed by atoms with E-state index in [0.29, 0.717) is 6.54 Å². The van der Waals surface area contributed by atoms with Crippen LogP contribution in [0.5, 0.6) is 0 Å². The summed E-state index contributed by atoms with van der Waals surface area (Å²) in [4.78, 5) is 11.0. The number of hydrogen-bond acceptors (Lipinski definition) is 3. The van der Waals surface area contributed by atoms with Gasteiger partial charge in [-0.3, -0.25) is 4.68 Å². The smallest absolute Gasteiger partial charge is 0.358 e. The van der Waals surface area contributed by atoms with E-state index < -0.39 is 17.6 Å². The van der Waals surface area contributed by atoms with Gasteiger partial charge in [-0.2, -0.15) is 5.10 Å². The number of halogens is 2. The molecule has 0 saturated heterocycles. The summed E-state index contributed by atoms with van der Waals surface area (Å²) in [5.74, 6) is -2.29. The van der Waals surface area contributed by atoms with Crippen LogP contribution in [0.4, 0.5) is 14.5 Å². The molecule has 0 aliphatic carbocycles. The summed E-state index contributed by atoms with van der Waals surface area (Å²) in [5.41, 5.74) is 0.234. The third-order valence-electron chi connectivity index (χ3n) is 2.77. The summed E-state index contributed by atoms with van der Waals surface area (Å²) in [6, 6.07) is 3.11. The molecule has 5 nitrogen and oxygen atoms in total. The van der Waals surface area contributed by atoms with Gasteiger partial charge in [0.15, 0.2) is 5.69 Å². The molecule has 0 atom stereocenters. The molecule has 0 amide bonds. The maximum Gasteiger partial charge on any atom is 0.358 e. The van der Waals surface area contributed by atoms with E-state index in [1.165, 1.54) is 10.9 Å². The Bertz CT molecular complexity index is 641. The minimum atomic E-state index is -1.18. The van der Waals surface area contributed by atoms with Crippen molar-refractivity contribution in [2.45, 2.75) is 20.0 Å². The monoisotopic (exact) mass is 281 g/mol. The fraction of sp³-hybridized carbons (Fsp3) is 0.231. The zero-order valence-corrected chi connectivity index (χ0v) is 10.7. The molecular formula is C13H13F2N3O2. The molecular weight excluding hydrogens is 268 g/mol. The van der Waals surface area contributed by atoms with E-state index >= 15 is 0 Å². The molecule has 7 heteroatoms. The minimum absolute atomic E-state index is 0.0285. The highest BCUT2D eigenvalue weighted by Crippen LogP contribution is 2.17. The van der Waals surface area contributed by atoms with Gasteiger partial charge in [-0.1, -0.05) is 0 Å². The van der Waals surface area contributed by atoms with Crippen molar-refractivity contribution in [2.75, 3.05) is 5.32 Å². The largest absolute Gasteiger partial charge is 0.476 e. The standard InChI is InChI=1S/C13H13F2N3O2/c1-2-18-7-11(12(17-18)13(19)20)16-6-8-5-9(14)3-4-10(8)15/h3-5,7,16H,2,6H2,1H3,(H,19,20). The number of carbonyl (C=O) groups is 1. The van der Waals surface area contributed by atoms with E-state index in [0.717, 1.165) is 18.2 Å². The molecule has 0 aliphatic heterocycles. The zero-order valence-electron chi connectivity index (χ0n) is 10.7. The van der Waals surface area contributed by atoms with Crippen LogP contribution in [0.2, 0.25) is 0 Å². The summed E-state index contributed by atoms with van der Waals surface area (Å²) in [7, 11) is 0. The molecule has 0 fully saturated rings. The van der Waals surface area contributed by atoms with Crippen molar-refractivity contribution >= 4 is 11.7 Å². The number of benzene rings is 1. The molecule has 0 radical (unpaired) electrons. The minimum Gasteiger partial charge on any atom is -0.476 e. The van der Waals surface area contributed by atoms with Gasteiger partial charge in [-0.05, 0) is 25.1 Å². The molecule has 0 saturated carbocycles. The summed E-state index contributed by atoms with van der Waals surface area (Å²) in [6.07, 6.45) is 1.51. The molecule has 0 spiro atoms. The highest BCUT2D eigenvalue weighted by Gasteiger charge is 2.15. The summed E-state index contributed by atoms with van der Waals surface area (Å²) >= 11 is 0. The van der Waals surface area contributed by atoms with Gasteiger partial charge in [0.05, 0.1) is 5.69 Å². The Hall–Kier alpha value is -2.44. The Morgan fingerprint density at radius 2 is 2.20 bits per heavy atom. The van der Waals surface area contributed by atoms with Crippen LogP contribution in [-0.2, 0) is 13.1 Å². The van der Waals surface area contributed by atoms with E-state index in [4.69, 9.17) is 5.11 Å². The molecule has 1 aromatic heterocycles. The fourth-order valence-corrected chi connectivity index (χ4v) is 1.74. The molecule has 0 unspecified atom stereocenters. The quantitative estimate of drug-likeness (QED) is 0.883. The maximum atomic E-state index is 13.5. The van der Waals surface area contributed by atoms with E-state index in [9.17, 15) is 13.6 Å². The molecule has 20 heavy (non-hydrogen) atoms. The Morgan fingerprint density at radius 1 is 1.45 bits per heavy atom. The van der Waals surface area contributed by atoms with E-state index in [1.54, 1.807) is 0 Å². The Balaban J connectivity index is 2.20. The molecule has 0 aliphatic rings. The molecule has 1 heterocycles. The molecule has 2 rings (SSSR count). The average Bonchev–Trinajstić information content (AvgIpc) is 2.83. The van der Waals surface area contributed by atoms with Crippen molar-refractivity contribution in [3.8, 4) is 0 Å². The SMILES string of the molecule is CCn1cc(NCc2cc(F)ccc2F)c(C(=O)O)n1. The molecule has 2 N–H and O–H groups in total. The third-order valence-corrected chi connectivity index (χ3v) is 2.77. The van der Waals surface area contributed by atoms with E-state index in [-0.39, 0.29) is 23.5 Å². The molecule has 1 aromatic carbocycles. The van der Waals surface area contributed by atoms with Crippen molar-refractivity contribution in [3.05, 3.63) is 47.3 Å². The number of rotatable bonds is 5. The Morgan fingerprint density at radius 3 is 2.85 bits per heavy atom. The van der Waals surface area contributed by atoms with Crippen LogP contribution in [-0.4, -0.2) is 20.9 Å². The topological polar surface area (TPSA) is 67.2 Å². The molecule has 0 bridgehead atoms. The van der Waals surface area contributed by atoms with E-state index in [2.05, 4.69) is 10.4 Å². The van der Waals surface area contributed by atoms with Crippen molar-refractivity contribution in [2.24, 2.45) is 0 Å². The second-order valence-corrected chi connectivity index (χ2v) is 4.14. The lowest BCUT2D eigenvalue weighted by molar-refractivity contribution is 0.0690. The Labute approximate surface area is 113 Å². The zero-order chi connectivity index (χ0) is 14.7. The Kier molecular flexibility index (Phi) is 3.97. The van der Waals surface area contributed by atoms with Crippen LogP contribution >= 0.6 is 0 Å². The number of carboxylic acids is 1. The maximum absolute atomic E-state index is 13.5. The lowest BCUT2D eigenvalue weighted by Crippen LogP contribution is -2.06. The number of nitrogens with zero attached hydrogens (tertiary/aromatic N) is 2. The average molecular weight is 281 g/mol. The number of hydrogen-bond donors (Lipinski definition) is 2. The van der Waals surface area contributed by atoms with Gasteiger partial charge in [-0.25, -0.2) is 13.6 Å². The van der Waals surface area contributed by atoms with Gasteiger partial charge in [0.2, 0.25) is 0 Å². The molecule has 106 valence electrons. The van der Waals surface area contributed by atoms with Crippen LogP contribution in [0.1, 0.15) is 23.0 Å². The fourth-order valence-electron chi connectivity index (χ4n) is 1.74. The number of aromatic carboxylic acids is 1. The van der Waals surface area contributed by atoms with Crippen LogP contribution in [0.25, 0.3) is 0 Å². The lowest BCUT2D eigenvalue weighted by Gasteiger charge is -2.06. The lowest BCUT2D eigenvalue weighted by atomic mass is 10.2.